The Hall–Kier alpha value is -4.94. The third-order valence-corrected chi connectivity index (χ3v) is 18.6. The van der Waals surface area contributed by atoms with E-state index < -0.39 is 8.07 Å². The van der Waals surface area contributed by atoms with E-state index in [9.17, 15) is 0 Å². The van der Waals surface area contributed by atoms with Crippen LogP contribution >= 0.6 is 0 Å². The fraction of sp³-hybridized carbons (Fsp3) is 0.410. The smallest absolute Gasteiger partial charge is 0.119 e. The standard InChI is InChI=1S/C61H76O4Si/c1-3-4-5-6-15-20-45-66(2)60-46-54(52-25-21-48(22-26-52)50-29-35-56(36-30-50)64-43-18-13-9-7-11-16-41-62)33-39-58(60)59-40-34-55(47-61(59)66)53-27-23-49(24-28-53)51-31-37-57(38-32-51)65-44-19-14-10-8-12-17-42-63/h21-40,46-47,62-63H,3-20,41-45H2,1-2H3. The van der Waals surface area contributed by atoms with Gasteiger partial charge < -0.3 is 19.7 Å². The highest BCUT2D eigenvalue weighted by Crippen LogP contribution is 2.37. The van der Waals surface area contributed by atoms with Crippen LogP contribution in [0.5, 0.6) is 11.5 Å². The average Bonchev–Trinajstić information content (AvgIpc) is 3.61. The number of aliphatic hydroxyl groups excluding tert-OH is 2. The van der Waals surface area contributed by atoms with Crippen LogP contribution in [0.25, 0.3) is 55.6 Å². The fourth-order valence-corrected chi connectivity index (χ4v) is 14.3. The molecule has 0 atom stereocenters. The van der Waals surface area contributed by atoms with Gasteiger partial charge >= 0.3 is 0 Å². The molecule has 0 fully saturated rings. The Morgan fingerprint density at radius 3 is 1.03 bits per heavy atom. The second kappa shape index (κ2) is 25.8. The van der Waals surface area contributed by atoms with Gasteiger partial charge in [0.2, 0.25) is 0 Å². The second-order valence-corrected chi connectivity index (χ2v) is 23.2. The molecule has 0 aliphatic carbocycles. The monoisotopic (exact) mass is 901 g/mol. The van der Waals surface area contributed by atoms with Crippen LogP contribution in [0.1, 0.15) is 122 Å². The van der Waals surface area contributed by atoms with Gasteiger partial charge in [-0.15, -0.1) is 0 Å². The summed E-state index contributed by atoms with van der Waals surface area (Å²) in [7, 11) is -2.05. The number of aliphatic hydroxyl groups is 2. The summed E-state index contributed by atoms with van der Waals surface area (Å²) in [5.41, 5.74) is 12.9. The molecule has 66 heavy (non-hydrogen) atoms. The van der Waals surface area contributed by atoms with Crippen LogP contribution in [-0.4, -0.2) is 44.7 Å². The Labute approximate surface area is 398 Å². The molecule has 6 aromatic rings. The van der Waals surface area contributed by atoms with E-state index in [-0.39, 0.29) is 0 Å². The Morgan fingerprint density at radius 1 is 0.348 bits per heavy atom. The Balaban J connectivity index is 1.01. The van der Waals surface area contributed by atoms with Crippen molar-refractivity contribution in [2.45, 2.75) is 135 Å². The number of ether oxygens (including phenoxy) is 2. The SMILES string of the molecule is CCCCCCCC[Si]1(C)c2cc(-c3ccc(-c4ccc(OCCCCCCCCO)cc4)cc3)ccc2-c2ccc(-c3ccc(-c4ccc(OCCCCCCCCO)cc4)cc3)cc21. The molecular weight excluding hydrogens is 825 g/mol. The molecule has 6 aromatic carbocycles. The molecule has 0 saturated heterocycles. The molecule has 7 rings (SSSR count). The molecule has 0 saturated carbocycles. The van der Waals surface area contributed by atoms with Gasteiger partial charge in [0.05, 0.1) is 13.2 Å². The maximum Gasteiger partial charge on any atom is 0.119 e. The molecule has 0 bridgehead atoms. The zero-order valence-electron chi connectivity index (χ0n) is 40.2. The van der Waals surface area contributed by atoms with Crippen LogP contribution in [0.2, 0.25) is 12.6 Å². The van der Waals surface area contributed by atoms with Gasteiger partial charge in [0, 0.05) is 13.2 Å². The van der Waals surface area contributed by atoms with Crippen molar-refractivity contribution in [1.82, 2.24) is 0 Å². The van der Waals surface area contributed by atoms with Crippen LogP contribution in [0.4, 0.5) is 0 Å². The summed E-state index contributed by atoms with van der Waals surface area (Å²) in [5.74, 6) is 1.86. The van der Waals surface area contributed by atoms with Crippen LogP contribution in [-0.2, 0) is 0 Å². The molecule has 5 heteroatoms. The van der Waals surface area contributed by atoms with E-state index in [4.69, 9.17) is 19.7 Å². The molecule has 1 aliphatic heterocycles. The molecule has 4 nitrogen and oxygen atoms in total. The maximum atomic E-state index is 8.96. The van der Waals surface area contributed by atoms with Gasteiger partial charge in [-0.25, -0.2) is 0 Å². The molecular formula is C61H76O4Si. The Morgan fingerprint density at radius 2 is 0.652 bits per heavy atom. The van der Waals surface area contributed by atoms with Gasteiger partial charge in [-0.1, -0.05) is 213 Å². The van der Waals surface area contributed by atoms with Crippen molar-refractivity contribution in [2.75, 3.05) is 26.4 Å². The zero-order valence-corrected chi connectivity index (χ0v) is 41.2. The van der Waals surface area contributed by atoms with Gasteiger partial charge in [0.1, 0.15) is 19.6 Å². The quantitative estimate of drug-likeness (QED) is 0.0364. The third kappa shape index (κ3) is 13.4. The zero-order chi connectivity index (χ0) is 45.8. The normalized spacial score (nSPS) is 12.5. The number of hydrogen-bond donors (Lipinski definition) is 2. The molecule has 0 spiro atoms. The van der Waals surface area contributed by atoms with Crippen LogP contribution in [0, 0.1) is 0 Å². The summed E-state index contributed by atoms with van der Waals surface area (Å²) in [6.07, 6.45) is 21.3. The summed E-state index contributed by atoms with van der Waals surface area (Å²) in [4.78, 5) is 0. The third-order valence-electron chi connectivity index (χ3n) is 14.0. The predicted octanol–water partition coefficient (Wildman–Crippen LogP) is 15.3. The average molecular weight is 901 g/mol. The first-order valence-corrected chi connectivity index (χ1v) is 28.4. The van der Waals surface area contributed by atoms with Crippen molar-refractivity contribution in [3.63, 3.8) is 0 Å². The minimum atomic E-state index is -2.05. The highest BCUT2D eigenvalue weighted by atomic mass is 28.3. The van der Waals surface area contributed by atoms with E-state index in [1.54, 1.807) is 10.4 Å². The summed E-state index contributed by atoms with van der Waals surface area (Å²) in [6, 6.07) is 51.3. The van der Waals surface area contributed by atoms with Gasteiger partial charge in [-0.3, -0.25) is 0 Å². The molecule has 0 unspecified atom stereocenters. The van der Waals surface area contributed by atoms with E-state index in [2.05, 4.69) is 147 Å². The van der Waals surface area contributed by atoms with Gasteiger partial charge in [-0.05, 0) is 122 Å². The Kier molecular flexibility index (Phi) is 19.2. The minimum Gasteiger partial charge on any atom is -0.494 e. The van der Waals surface area contributed by atoms with Crippen molar-refractivity contribution in [3.8, 4) is 67.1 Å². The van der Waals surface area contributed by atoms with E-state index in [0.29, 0.717) is 13.2 Å². The van der Waals surface area contributed by atoms with Crippen molar-refractivity contribution >= 4 is 18.4 Å². The molecule has 1 aliphatic rings. The molecule has 2 N–H and O–H groups in total. The molecule has 0 radical (unpaired) electrons. The number of benzene rings is 6. The van der Waals surface area contributed by atoms with E-state index in [1.807, 2.05) is 0 Å². The maximum absolute atomic E-state index is 8.96. The van der Waals surface area contributed by atoms with Gasteiger partial charge in [0.15, 0.2) is 0 Å². The lowest BCUT2D eigenvalue weighted by molar-refractivity contribution is 0.280. The van der Waals surface area contributed by atoms with Crippen LogP contribution in [0.15, 0.2) is 133 Å². The number of hydrogen-bond acceptors (Lipinski definition) is 4. The number of fused-ring (bicyclic) bond motifs is 3. The van der Waals surface area contributed by atoms with E-state index in [1.165, 1.54) is 139 Å². The van der Waals surface area contributed by atoms with Crippen LogP contribution in [0.3, 0.4) is 0 Å². The Bertz CT molecular complexity index is 2180. The van der Waals surface area contributed by atoms with E-state index in [0.717, 1.165) is 63.2 Å². The van der Waals surface area contributed by atoms with E-state index >= 15 is 0 Å². The number of rotatable bonds is 29. The van der Waals surface area contributed by atoms with Crippen molar-refractivity contribution in [3.05, 3.63) is 133 Å². The lowest BCUT2D eigenvalue weighted by Gasteiger charge is -2.26. The first-order chi connectivity index (χ1) is 32.5. The van der Waals surface area contributed by atoms with Crippen molar-refractivity contribution in [2.24, 2.45) is 0 Å². The van der Waals surface area contributed by atoms with Crippen molar-refractivity contribution in [1.29, 1.82) is 0 Å². The highest BCUT2D eigenvalue weighted by Gasteiger charge is 2.41. The lowest BCUT2D eigenvalue weighted by atomic mass is 9.96. The molecule has 0 aromatic heterocycles. The van der Waals surface area contributed by atoms with Gasteiger partial charge in [0.25, 0.3) is 0 Å². The highest BCUT2D eigenvalue weighted by molar-refractivity contribution is 7.04. The van der Waals surface area contributed by atoms with Gasteiger partial charge in [-0.2, -0.15) is 0 Å². The predicted molar refractivity (Wildman–Crippen MR) is 283 cm³/mol. The lowest BCUT2D eigenvalue weighted by Crippen LogP contribution is -2.52. The molecule has 0 amide bonds. The second-order valence-electron chi connectivity index (χ2n) is 19.0. The summed E-state index contributed by atoms with van der Waals surface area (Å²) >= 11 is 0. The number of unbranched alkanes of at least 4 members (excludes halogenated alkanes) is 15. The molecule has 1 heterocycles. The fourth-order valence-electron chi connectivity index (χ4n) is 9.92. The van der Waals surface area contributed by atoms with Crippen LogP contribution < -0.4 is 19.8 Å². The first-order valence-electron chi connectivity index (χ1n) is 25.7. The molecule has 348 valence electrons. The first kappa shape index (κ1) is 49.0. The van der Waals surface area contributed by atoms with Crippen molar-refractivity contribution < 1.29 is 19.7 Å². The summed E-state index contributed by atoms with van der Waals surface area (Å²) < 4.78 is 12.1. The summed E-state index contributed by atoms with van der Waals surface area (Å²) in [5, 5.41) is 21.1. The minimum absolute atomic E-state index is 0.304. The topological polar surface area (TPSA) is 58.9 Å². The summed E-state index contributed by atoms with van der Waals surface area (Å²) in [6.45, 7) is 7.05. The largest absolute Gasteiger partial charge is 0.494 e.